The van der Waals surface area contributed by atoms with Crippen LogP contribution in [0, 0.1) is 0 Å². The molecule has 0 saturated carbocycles. The number of benzene rings is 1. The Kier molecular flexibility index (Phi) is 1.97. The Morgan fingerprint density at radius 3 is 3.00 bits per heavy atom. The summed E-state index contributed by atoms with van der Waals surface area (Å²) in [6.45, 7) is 1.33. The molecule has 3 rings (SSSR count). The molecule has 80 valence electrons. The van der Waals surface area contributed by atoms with Crippen LogP contribution in [0.3, 0.4) is 0 Å². The zero-order valence-electron chi connectivity index (χ0n) is 8.48. The first-order valence-electron chi connectivity index (χ1n) is 5.33. The minimum absolute atomic E-state index is 0.284. The van der Waals surface area contributed by atoms with E-state index in [0.717, 1.165) is 24.3 Å². The molecule has 0 aromatic heterocycles. The number of aliphatic hydroxyl groups excluding tert-OH is 1. The third kappa shape index (κ3) is 1.43. The number of fused-ring (bicyclic) bond motifs is 1. The van der Waals surface area contributed by atoms with Crippen molar-refractivity contribution in [3.05, 3.63) is 29.8 Å². The highest BCUT2D eigenvalue weighted by molar-refractivity contribution is 5.38. The van der Waals surface area contributed by atoms with E-state index in [0.29, 0.717) is 13.0 Å². The summed E-state index contributed by atoms with van der Waals surface area (Å²) in [5.74, 6) is 0.807. The molecule has 15 heavy (non-hydrogen) atoms. The molecule has 1 aromatic rings. The van der Waals surface area contributed by atoms with Crippen LogP contribution >= 0.6 is 0 Å². The Balaban J connectivity index is 1.98. The standard InChI is InChI=1S/C12H14O3/c13-10-7-12(5-6-14-8-12)15-11-4-2-1-3-9(10)11/h1-4,10,13H,5-8H2. The van der Waals surface area contributed by atoms with E-state index in [4.69, 9.17) is 9.47 Å². The quantitative estimate of drug-likeness (QED) is 0.701. The lowest BCUT2D eigenvalue weighted by atomic mass is 9.88. The largest absolute Gasteiger partial charge is 0.484 e. The van der Waals surface area contributed by atoms with E-state index in [1.807, 2.05) is 24.3 Å². The van der Waals surface area contributed by atoms with E-state index in [-0.39, 0.29) is 5.60 Å². The van der Waals surface area contributed by atoms with Gasteiger partial charge in [0.25, 0.3) is 0 Å². The Hall–Kier alpha value is -1.06. The normalized spacial score (nSPS) is 33.8. The van der Waals surface area contributed by atoms with Gasteiger partial charge in [0.05, 0.1) is 19.3 Å². The molecule has 2 atom stereocenters. The Bertz CT molecular complexity index is 369. The first-order valence-corrected chi connectivity index (χ1v) is 5.33. The summed E-state index contributed by atoms with van der Waals surface area (Å²) in [6, 6.07) is 7.69. The first kappa shape index (κ1) is 9.19. The van der Waals surface area contributed by atoms with E-state index in [1.165, 1.54) is 0 Å². The second kappa shape index (κ2) is 3.22. The summed E-state index contributed by atoms with van der Waals surface area (Å²) >= 11 is 0. The molecule has 2 unspecified atom stereocenters. The van der Waals surface area contributed by atoms with Gasteiger partial charge in [-0.2, -0.15) is 0 Å². The molecule has 1 saturated heterocycles. The Morgan fingerprint density at radius 1 is 1.33 bits per heavy atom. The van der Waals surface area contributed by atoms with E-state index in [1.54, 1.807) is 0 Å². The van der Waals surface area contributed by atoms with E-state index in [9.17, 15) is 5.11 Å². The van der Waals surface area contributed by atoms with Gasteiger partial charge in [0, 0.05) is 18.4 Å². The van der Waals surface area contributed by atoms with Crippen LogP contribution in [0.15, 0.2) is 24.3 Å². The molecule has 0 aliphatic carbocycles. The minimum Gasteiger partial charge on any atom is -0.484 e. The van der Waals surface area contributed by atoms with Gasteiger partial charge in [0.15, 0.2) is 0 Å². The summed E-state index contributed by atoms with van der Waals surface area (Å²) < 4.78 is 11.3. The molecule has 2 aliphatic heterocycles. The highest BCUT2D eigenvalue weighted by Crippen LogP contribution is 2.42. The van der Waals surface area contributed by atoms with Gasteiger partial charge in [-0.05, 0) is 6.07 Å². The molecule has 1 spiro atoms. The molecule has 2 heterocycles. The van der Waals surface area contributed by atoms with Crippen LogP contribution < -0.4 is 4.74 Å². The van der Waals surface area contributed by atoms with Gasteiger partial charge in [0.2, 0.25) is 0 Å². The maximum atomic E-state index is 10.1. The molecule has 3 nitrogen and oxygen atoms in total. The number of rotatable bonds is 0. The van der Waals surface area contributed by atoms with Crippen LogP contribution in [0.1, 0.15) is 24.5 Å². The van der Waals surface area contributed by atoms with E-state index < -0.39 is 6.10 Å². The molecule has 2 aliphatic rings. The van der Waals surface area contributed by atoms with Crippen LogP contribution in [0.25, 0.3) is 0 Å². The van der Waals surface area contributed by atoms with Gasteiger partial charge in [-0.25, -0.2) is 0 Å². The second-order valence-corrected chi connectivity index (χ2v) is 4.35. The average Bonchev–Trinajstić information content (AvgIpc) is 2.66. The zero-order valence-corrected chi connectivity index (χ0v) is 8.48. The molecule has 1 fully saturated rings. The van der Waals surface area contributed by atoms with Crippen LogP contribution in [0.2, 0.25) is 0 Å². The lowest BCUT2D eigenvalue weighted by Crippen LogP contribution is -2.41. The maximum Gasteiger partial charge on any atom is 0.137 e. The Labute approximate surface area is 88.6 Å². The Morgan fingerprint density at radius 2 is 2.20 bits per heavy atom. The molecule has 1 N–H and O–H groups in total. The van der Waals surface area contributed by atoms with E-state index in [2.05, 4.69) is 0 Å². The molecule has 0 amide bonds. The third-order valence-electron chi connectivity index (χ3n) is 3.24. The van der Waals surface area contributed by atoms with Crippen molar-refractivity contribution in [3.8, 4) is 5.75 Å². The summed E-state index contributed by atoms with van der Waals surface area (Å²) in [5, 5.41) is 10.1. The van der Waals surface area contributed by atoms with Crippen LogP contribution in [0.4, 0.5) is 0 Å². The average molecular weight is 206 g/mol. The minimum atomic E-state index is -0.420. The van der Waals surface area contributed by atoms with Crippen LogP contribution in [0.5, 0.6) is 5.75 Å². The van der Waals surface area contributed by atoms with Gasteiger partial charge in [-0.1, -0.05) is 18.2 Å². The van der Waals surface area contributed by atoms with Gasteiger partial charge in [-0.15, -0.1) is 0 Å². The van der Waals surface area contributed by atoms with Crippen LogP contribution in [-0.2, 0) is 4.74 Å². The molecular weight excluding hydrogens is 192 g/mol. The number of para-hydroxylation sites is 1. The van der Waals surface area contributed by atoms with Crippen molar-refractivity contribution in [1.82, 2.24) is 0 Å². The van der Waals surface area contributed by atoms with Gasteiger partial charge < -0.3 is 14.6 Å². The SMILES string of the molecule is OC1CC2(CCOC2)Oc2ccccc21. The van der Waals surface area contributed by atoms with Crippen molar-refractivity contribution in [2.24, 2.45) is 0 Å². The van der Waals surface area contributed by atoms with Gasteiger partial charge in [0.1, 0.15) is 11.4 Å². The molecule has 3 heteroatoms. The molecule has 0 bridgehead atoms. The number of hydrogen-bond acceptors (Lipinski definition) is 3. The number of aliphatic hydroxyl groups is 1. The van der Waals surface area contributed by atoms with Gasteiger partial charge in [-0.3, -0.25) is 0 Å². The maximum absolute atomic E-state index is 10.1. The zero-order chi connectivity index (χ0) is 10.3. The summed E-state index contributed by atoms with van der Waals surface area (Å²) in [4.78, 5) is 0. The van der Waals surface area contributed by atoms with Crippen LogP contribution in [-0.4, -0.2) is 23.9 Å². The molecule has 1 aromatic carbocycles. The summed E-state index contributed by atoms with van der Waals surface area (Å²) in [7, 11) is 0. The second-order valence-electron chi connectivity index (χ2n) is 4.35. The third-order valence-corrected chi connectivity index (χ3v) is 3.24. The van der Waals surface area contributed by atoms with Gasteiger partial charge >= 0.3 is 0 Å². The highest BCUT2D eigenvalue weighted by Gasteiger charge is 2.43. The monoisotopic (exact) mass is 206 g/mol. The topological polar surface area (TPSA) is 38.7 Å². The van der Waals surface area contributed by atoms with E-state index >= 15 is 0 Å². The predicted molar refractivity (Wildman–Crippen MR) is 54.8 cm³/mol. The summed E-state index contributed by atoms with van der Waals surface area (Å²) in [5.41, 5.74) is 0.614. The van der Waals surface area contributed by atoms with Crippen molar-refractivity contribution in [3.63, 3.8) is 0 Å². The summed E-state index contributed by atoms with van der Waals surface area (Å²) in [6.07, 6.45) is 1.10. The lowest BCUT2D eigenvalue weighted by Gasteiger charge is -2.36. The smallest absolute Gasteiger partial charge is 0.137 e. The predicted octanol–water partition coefficient (Wildman–Crippen LogP) is 1.66. The number of hydrogen-bond donors (Lipinski definition) is 1. The van der Waals surface area contributed by atoms with Crippen molar-refractivity contribution in [2.75, 3.05) is 13.2 Å². The fraction of sp³-hybridized carbons (Fsp3) is 0.500. The lowest BCUT2D eigenvalue weighted by molar-refractivity contribution is -0.0194. The van der Waals surface area contributed by atoms with Crippen molar-refractivity contribution >= 4 is 0 Å². The highest BCUT2D eigenvalue weighted by atomic mass is 16.6. The van der Waals surface area contributed by atoms with Crippen molar-refractivity contribution in [2.45, 2.75) is 24.5 Å². The molecular formula is C12H14O3. The van der Waals surface area contributed by atoms with Crippen molar-refractivity contribution < 1.29 is 14.6 Å². The number of ether oxygens (including phenoxy) is 2. The van der Waals surface area contributed by atoms with Crippen molar-refractivity contribution in [1.29, 1.82) is 0 Å². The fourth-order valence-electron chi connectivity index (χ4n) is 2.42. The fourth-order valence-corrected chi connectivity index (χ4v) is 2.42. The molecule has 0 radical (unpaired) electrons. The first-order chi connectivity index (χ1) is 7.29.